The van der Waals surface area contributed by atoms with E-state index in [4.69, 9.17) is 10.5 Å². The second-order valence-corrected chi connectivity index (χ2v) is 7.46. The summed E-state index contributed by atoms with van der Waals surface area (Å²) >= 11 is 1.45. The molecule has 1 atom stereocenters. The first-order valence-corrected chi connectivity index (χ1v) is 9.50. The number of hydrogen-bond donors (Lipinski definition) is 2. The van der Waals surface area contributed by atoms with E-state index in [0.29, 0.717) is 18.6 Å². The smallest absolute Gasteiger partial charge is 0.225 e. The number of aryl methyl sites for hydroxylation is 1. The quantitative estimate of drug-likeness (QED) is 0.719. The van der Waals surface area contributed by atoms with E-state index in [1.54, 1.807) is 0 Å². The molecule has 3 aromatic rings. The number of nitrogens with two attached hydrogens (primary N) is 1. The van der Waals surface area contributed by atoms with Crippen molar-refractivity contribution in [1.82, 2.24) is 4.98 Å². The van der Waals surface area contributed by atoms with Crippen LogP contribution in [0.25, 0.3) is 10.2 Å². The highest BCUT2D eigenvalue weighted by atomic mass is 32.1. The largest absolute Gasteiger partial charge is 0.494 e. The number of hydrogen-bond acceptors (Lipinski definition) is 6. The van der Waals surface area contributed by atoms with E-state index in [9.17, 15) is 10.1 Å². The molecule has 27 heavy (non-hydrogen) atoms. The van der Waals surface area contributed by atoms with Crippen molar-refractivity contribution in [2.75, 3.05) is 17.7 Å². The maximum absolute atomic E-state index is 12.3. The first kappa shape index (κ1) is 17.3. The maximum atomic E-state index is 12.3. The molecule has 1 aliphatic heterocycles. The number of ether oxygens (including phenoxy) is 1. The van der Waals surface area contributed by atoms with Gasteiger partial charge in [0.25, 0.3) is 0 Å². The van der Waals surface area contributed by atoms with Gasteiger partial charge in [-0.2, -0.15) is 5.26 Å². The number of carbonyl (C=O) groups excluding carboxylic acids is 1. The summed E-state index contributed by atoms with van der Waals surface area (Å²) in [5, 5.41) is 13.1. The molecule has 0 saturated carbocycles. The minimum Gasteiger partial charge on any atom is -0.494 e. The van der Waals surface area contributed by atoms with E-state index in [2.05, 4.69) is 16.4 Å². The SMILES string of the molecule is CCOc1ccc([C@@H]2CC(=O)Nc3sc4c(C)c(C#N)c(N)nc4c32)cc1. The molecule has 0 spiro atoms. The van der Waals surface area contributed by atoms with Crippen LogP contribution in [0.15, 0.2) is 24.3 Å². The molecule has 0 bridgehead atoms. The van der Waals surface area contributed by atoms with Gasteiger partial charge >= 0.3 is 0 Å². The molecule has 0 radical (unpaired) electrons. The number of thiophene rings is 1. The van der Waals surface area contributed by atoms with Crippen molar-refractivity contribution in [2.24, 2.45) is 0 Å². The number of rotatable bonds is 3. The van der Waals surface area contributed by atoms with Gasteiger partial charge in [0, 0.05) is 17.9 Å². The summed E-state index contributed by atoms with van der Waals surface area (Å²) < 4.78 is 6.41. The fourth-order valence-electron chi connectivity index (χ4n) is 3.55. The number of anilines is 2. The topological polar surface area (TPSA) is 101 Å². The minimum atomic E-state index is -0.114. The lowest BCUT2D eigenvalue weighted by Gasteiger charge is -2.23. The van der Waals surface area contributed by atoms with Crippen LogP contribution in [0.5, 0.6) is 5.75 Å². The van der Waals surface area contributed by atoms with Gasteiger partial charge in [0.1, 0.15) is 22.6 Å². The lowest BCUT2D eigenvalue weighted by atomic mass is 9.86. The predicted octanol–water partition coefficient (Wildman–Crippen LogP) is 3.93. The average Bonchev–Trinajstić information content (AvgIpc) is 3.01. The molecule has 3 N–H and O–H groups in total. The van der Waals surface area contributed by atoms with E-state index < -0.39 is 0 Å². The van der Waals surface area contributed by atoms with Gasteiger partial charge in [0.05, 0.1) is 22.4 Å². The van der Waals surface area contributed by atoms with Gasteiger partial charge in [-0.1, -0.05) is 12.1 Å². The molecule has 1 aliphatic rings. The monoisotopic (exact) mass is 378 g/mol. The third kappa shape index (κ3) is 2.78. The molecule has 0 fully saturated rings. The van der Waals surface area contributed by atoms with Crippen LogP contribution in [-0.4, -0.2) is 17.5 Å². The highest BCUT2D eigenvalue weighted by Gasteiger charge is 2.32. The molecule has 1 amide bonds. The summed E-state index contributed by atoms with van der Waals surface area (Å²) in [4.78, 5) is 16.8. The van der Waals surface area contributed by atoms with E-state index in [1.807, 2.05) is 38.1 Å². The molecular weight excluding hydrogens is 360 g/mol. The zero-order valence-corrected chi connectivity index (χ0v) is 15.8. The molecule has 2 aromatic heterocycles. The highest BCUT2D eigenvalue weighted by Crippen LogP contribution is 2.47. The number of nitrogen functional groups attached to an aromatic ring is 1. The van der Waals surface area contributed by atoms with Crippen LogP contribution in [0.2, 0.25) is 0 Å². The first-order chi connectivity index (χ1) is 13.0. The Kier molecular flexibility index (Phi) is 4.21. The lowest BCUT2D eigenvalue weighted by Crippen LogP contribution is -2.22. The number of nitrogens with one attached hydrogen (secondary N) is 1. The summed E-state index contributed by atoms with van der Waals surface area (Å²) in [5.74, 6) is 0.885. The van der Waals surface area contributed by atoms with Crippen LogP contribution >= 0.6 is 11.3 Å². The maximum Gasteiger partial charge on any atom is 0.225 e. The summed E-state index contributed by atoms with van der Waals surface area (Å²) in [7, 11) is 0. The van der Waals surface area contributed by atoms with E-state index in [1.165, 1.54) is 11.3 Å². The Balaban J connectivity index is 1.90. The van der Waals surface area contributed by atoms with Gasteiger partial charge in [-0.05, 0) is 37.1 Å². The second kappa shape index (κ2) is 6.56. The summed E-state index contributed by atoms with van der Waals surface area (Å²) in [6.07, 6.45) is 0.341. The van der Waals surface area contributed by atoms with E-state index in [-0.39, 0.29) is 17.6 Å². The van der Waals surface area contributed by atoms with Gasteiger partial charge in [-0.25, -0.2) is 4.98 Å². The van der Waals surface area contributed by atoms with Crippen molar-refractivity contribution < 1.29 is 9.53 Å². The fraction of sp³-hybridized carbons (Fsp3) is 0.250. The molecule has 4 rings (SSSR count). The van der Waals surface area contributed by atoms with Crippen molar-refractivity contribution in [2.45, 2.75) is 26.2 Å². The molecule has 6 nitrogen and oxygen atoms in total. The molecule has 1 aromatic carbocycles. The van der Waals surface area contributed by atoms with Crippen molar-refractivity contribution >= 4 is 38.3 Å². The standard InChI is InChI=1S/C20H18N4O2S/c1-3-26-12-6-4-11(5-7-12)13-8-15(25)23-20-16(13)17-18(27-20)10(2)14(9-21)19(22)24-17/h4-7,13H,3,8H2,1-2H3,(H2,22,24)(H,23,25)/t13-/m0/s1. The zero-order chi connectivity index (χ0) is 19.1. The number of nitriles is 1. The Labute approximate surface area is 160 Å². The van der Waals surface area contributed by atoms with Gasteiger partial charge in [-0.3, -0.25) is 4.79 Å². The number of amides is 1. The van der Waals surface area contributed by atoms with Gasteiger partial charge in [-0.15, -0.1) is 11.3 Å². The number of fused-ring (bicyclic) bond motifs is 3. The van der Waals surface area contributed by atoms with Gasteiger partial charge < -0.3 is 15.8 Å². The Hall–Kier alpha value is -3.11. The number of pyridine rings is 1. The molecule has 136 valence electrons. The summed E-state index contributed by atoms with van der Waals surface area (Å²) in [5.41, 5.74) is 9.98. The van der Waals surface area contributed by atoms with Crippen LogP contribution in [0, 0.1) is 18.3 Å². The number of benzene rings is 1. The van der Waals surface area contributed by atoms with Crippen LogP contribution in [0.4, 0.5) is 10.8 Å². The van der Waals surface area contributed by atoms with Gasteiger partial charge in [0.2, 0.25) is 5.91 Å². The first-order valence-electron chi connectivity index (χ1n) is 8.68. The van der Waals surface area contributed by atoms with Crippen LogP contribution in [-0.2, 0) is 4.79 Å². The van der Waals surface area contributed by atoms with Crippen molar-refractivity contribution in [1.29, 1.82) is 5.26 Å². The number of carbonyl (C=O) groups is 1. The normalized spacial score (nSPS) is 15.9. The van der Waals surface area contributed by atoms with E-state index >= 15 is 0 Å². The third-order valence-electron chi connectivity index (χ3n) is 4.82. The molecule has 0 saturated heterocycles. The average molecular weight is 378 g/mol. The Morgan fingerprint density at radius 3 is 2.81 bits per heavy atom. The van der Waals surface area contributed by atoms with Crippen molar-refractivity contribution in [3.63, 3.8) is 0 Å². The van der Waals surface area contributed by atoms with Gasteiger partial charge in [0.15, 0.2) is 0 Å². The van der Waals surface area contributed by atoms with Crippen molar-refractivity contribution in [3.05, 3.63) is 46.5 Å². The van der Waals surface area contributed by atoms with Crippen molar-refractivity contribution in [3.8, 4) is 11.8 Å². The number of aromatic nitrogens is 1. The fourth-order valence-corrected chi connectivity index (χ4v) is 4.78. The molecule has 0 unspecified atom stereocenters. The Bertz CT molecular complexity index is 1100. The molecule has 0 aliphatic carbocycles. The Morgan fingerprint density at radius 2 is 2.15 bits per heavy atom. The number of nitrogens with zero attached hydrogens (tertiary/aromatic N) is 2. The molecular formula is C20H18N4O2S. The highest BCUT2D eigenvalue weighted by molar-refractivity contribution is 7.23. The zero-order valence-electron chi connectivity index (χ0n) is 15.0. The summed E-state index contributed by atoms with van der Waals surface area (Å²) in [6.45, 7) is 4.42. The molecule has 7 heteroatoms. The minimum absolute atomic E-state index is 0.0286. The third-order valence-corrected chi connectivity index (χ3v) is 6.05. The summed E-state index contributed by atoms with van der Waals surface area (Å²) in [6, 6.07) is 9.93. The van der Waals surface area contributed by atoms with Crippen LogP contribution in [0.1, 0.15) is 41.5 Å². The Morgan fingerprint density at radius 1 is 1.41 bits per heavy atom. The van der Waals surface area contributed by atoms with Crippen LogP contribution < -0.4 is 15.8 Å². The van der Waals surface area contributed by atoms with E-state index in [0.717, 1.165) is 37.7 Å². The van der Waals surface area contributed by atoms with Crippen LogP contribution in [0.3, 0.4) is 0 Å². The predicted molar refractivity (Wildman–Crippen MR) is 106 cm³/mol. The lowest BCUT2D eigenvalue weighted by molar-refractivity contribution is -0.116. The molecule has 3 heterocycles. The second-order valence-electron chi connectivity index (χ2n) is 6.44.